The minimum Gasteiger partial charge on any atom is -0.369 e. The van der Waals surface area contributed by atoms with Crippen molar-refractivity contribution in [2.45, 2.75) is 45.4 Å². The van der Waals surface area contributed by atoms with Crippen molar-refractivity contribution in [2.24, 2.45) is 17.6 Å². The van der Waals surface area contributed by atoms with Gasteiger partial charge >= 0.3 is 0 Å². The van der Waals surface area contributed by atoms with Crippen LogP contribution < -0.4 is 10.6 Å². The Kier molecular flexibility index (Phi) is 5.38. The Balaban J connectivity index is 1.37. The number of piperidine rings is 2. The van der Waals surface area contributed by atoms with Gasteiger partial charge in [-0.05, 0) is 37.8 Å². The minimum absolute atomic E-state index is 0.0428. The van der Waals surface area contributed by atoms with E-state index in [2.05, 4.69) is 28.9 Å². The van der Waals surface area contributed by atoms with Crippen molar-refractivity contribution in [1.82, 2.24) is 24.7 Å². The number of hydrogen-bond donors (Lipinski definition) is 1. The molecule has 2 fully saturated rings. The highest BCUT2D eigenvalue weighted by Gasteiger charge is 2.32. The van der Waals surface area contributed by atoms with Crippen molar-refractivity contribution in [3.8, 4) is 0 Å². The first kappa shape index (κ1) is 19.6. The van der Waals surface area contributed by atoms with E-state index in [1.807, 2.05) is 21.5 Å². The van der Waals surface area contributed by atoms with Crippen LogP contribution in [0.1, 0.15) is 51.3 Å². The number of fused-ring (bicyclic) bond motifs is 1. The molecule has 2 amide bonds. The van der Waals surface area contributed by atoms with E-state index in [1.165, 1.54) is 0 Å². The summed E-state index contributed by atoms with van der Waals surface area (Å²) in [5, 5.41) is 13.2. The molecule has 2 aliphatic heterocycles. The second-order valence-corrected chi connectivity index (χ2v) is 8.44. The van der Waals surface area contributed by atoms with Gasteiger partial charge in [0.15, 0.2) is 11.5 Å². The van der Waals surface area contributed by atoms with Crippen molar-refractivity contribution < 1.29 is 9.59 Å². The van der Waals surface area contributed by atoms with Gasteiger partial charge in [0.1, 0.15) is 5.82 Å². The fraction of sp³-hybridized carbons (Fsp3) is 0.650. The molecule has 9 nitrogen and oxygen atoms in total. The molecule has 0 aromatic carbocycles. The van der Waals surface area contributed by atoms with E-state index < -0.39 is 0 Å². The monoisotopic (exact) mass is 399 g/mol. The van der Waals surface area contributed by atoms with Gasteiger partial charge in [0.2, 0.25) is 11.8 Å². The Morgan fingerprint density at radius 1 is 1.00 bits per heavy atom. The van der Waals surface area contributed by atoms with Gasteiger partial charge in [-0.25, -0.2) is 0 Å². The molecule has 0 saturated carbocycles. The Hall–Kier alpha value is -2.71. The normalized spacial score (nSPS) is 19.3. The molecule has 2 aliphatic rings. The number of nitrogens with two attached hydrogens (primary N) is 1. The SMILES string of the molecule is CC(C)c1nnc2ccc(N3CCC(C(=O)N4CCC(C(N)=O)CC4)CC3)nn12. The molecule has 2 aromatic rings. The smallest absolute Gasteiger partial charge is 0.225 e. The van der Waals surface area contributed by atoms with E-state index in [0.29, 0.717) is 25.9 Å². The highest BCUT2D eigenvalue weighted by molar-refractivity contribution is 5.80. The summed E-state index contributed by atoms with van der Waals surface area (Å²) in [6.07, 6.45) is 2.99. The third kappa shape index (κ3) is 3.90. The molecule has 156 valence electrons. The third-order valence-corrected chi connectivity index (χ3v) is 6.17. The molecular formula is C20H29N7O2. The van der Waals surface area contributed by atoms with Crippen LogP contribution in [0.5, 0.6) is 0 Å². The number of carbonyl (C=O) groups excluding carboxylic acids is 2. The average molecular weight is 399 g/mol. The highest BCUT2D eigenvalue weighted by Crippen LogP contribution is 2.26. The number of rotatable bonds is 4. The van der Waals surface area contributed by atoms with Crippen LogP contribution in [-0.2, 0) is 9.59 Å². The van der Waals surface area contributed by atoms with Gasteiger partial charge < -0.3 is 15.5 Å². The molecule has 2 aromatic heterocycles. The summed E-state index contributed by atoms with van der Waals surface area (Å²) in [5.41, 5.74) is 6.14. The quantitative estimate of drug-likeness (QED) is 0.827. The number of nitrogens with zero attached hydrogens (tertiary/aromatic N) is 6. The molecular weight excluding hydrogens is 370 g/mol. The molecule has 9 heteroatoms. The van der Waals surface area contributed by atoms with E-state index in [0.717, 1.165) is 43.2 Å². The van der Waals surface area contributed by atoms with Gasteiger partial charge in [0.25, 0.3) is 0 Å². The fourth-order valence-corrected chi connectivity index (χ4v) is 4.32. The maximum Gasteiger partial charge on any atom is 0.225 e. The molecule has 0 aliphatic carbocycles. The van der Waals surface area contributed by atoms with Gasteiger partial charge in [-0.2, -0.15) is 4.52 Å². The van der Waals surface area contributed by atoms with Crippen LogP contribution in [0, 0.1) is 11.8 Å². The van der Waals surface area contributed by atoms with E-state index >= 15 is 0 Å². The van der Waals surface area contributed by atoms with Crippen molar-refractivity contribution in [3.63, 3.8) is 0 Å². The zero-order valence-corrected chi connectivity index (χ0v) is 17.1. The van der Waals surface area contributed by atoms with Crippen LogP contribution >= 0.6 is 0 Å². The van der Waals surface area contributed by atoms with Crippen molar-refractivity contribution in [2.75, 3.05) is 31.1 Å². The molecule has 29 heavy (non-hydrogen) atoms. The molecule has 0 unspecified atom stereocenters. The zero-order valence-electron chi connectivity index (χ0n) is 17.1. The first-order valence-corrected chi connectivity index (χ1v) is 10.5. The predicted molar refractivity (Wildman–Crippen MR) is 108 cm³/mol. The summed E-state index contributed by atoms with van der Waals surface area (Å²) < 4.78 is 1.82. The van der Waals surface area contributed by atoms with Crippen LogP contribution in [0.15, 0.2) is 12.1 Å². The summed E-state index contributed by atoms with van der Waals surface area (Å²) >= 11 is 0. The zero-order chi connectivity index (χ0) is 20.5. The fourth-order valence-electron chi connectivity index (χ4n) is 4.32. The molecule has 0 spiro atoms. The van der Waals surface area contributed by atoms with Crippen LogP contribution in [0.3, 0.4) is 0 Å². The molecule has 2 saturated heterocycles. The van der Waals surface area contributed by atoms with Crippen molar-refractivity contribution in [3.05, 3.63) is 18.0 Å². The Morgan fingerprint density at radius 3 is 2.28 bits per heavy atom. The van der Waals surface area contributed by atoms with Crippen LogP contribution in [0.4, 0.5) is 5.82 Å². The van der Waals surface area contributed by atoms with Gasteiger partial charge in [0, 0.05) is 43.9 Å². The molecule has 4 rings (SSSR count). The van der Waals surface area contributed by atoms with Gasteiger partial charge in [-0.1, -0.05) is 13.8 Å². The lowest BCUT2D eigenvalue weighted by molar-refractivity contribution is -0.139. The summed E-state index contributed by atoms with van der Waals surface area (Å²) in [6, 6.07) is 3.92. The third-order valence-electron chi connectivity index (χ3n) is 6.17. The molecule has 0 radical (unpaired) electrons. The number of aromatic nitrogens is 4. The van der Waals surface area contributed by atoms with E-state index in [9.17, 15) is 9.59 Å². The highest BCUT2D eigenvalue weighted by atomic mass is 16.2. The van der Waals surface area contributed by atoms with Crippen LogP contribution in [-0.4, -0.2) is 62.7 Å². The Labute approximate surface area is 170 Å². The lowest BCUT2D eigenvalue weighted by atomic mass is 9.92. The standard InChI is InChI=1S/C20H29N7O2/c1-13(2)19-23-22-16-3-4-17(24-27(16)19)25-9-7-15(8-10-25)20(29)26-11-5-14(6-12-26)18(21)28/h3-4,13-15H,5-12H2,1-2H3,(H2,21,28). The van der Waals surface area contributed by atoms with Gasteiger partial charge in [-0.3, -0.25) is 9.59 Å². The van der Waals surface area contributed by atoms with E-state index in [4.69, 9.17) is 10.8 Å². The van der Waals surface area contributed by atoms with Crippen molar-refractivity contribution >= 4 is 23.3 Å². The summed E-state index contributed by atoms with van der Waals surface area (Å²) in [4.78, 5) is 28.4. The molecule has 0 atom stereocenters. The predicted octanol–water partition coefficient (Wildman–Crippen LogP) is 1.19. The number of carbonyl (C=O) groups is 2. The maximum absolute atomic E-state index is 12.9. The number of anilines is 1. The Bertz CT molecular complexity index is 893. The second-order valence-electron chi connectivity index (χ2n) is 8.44. The summed E-state index contributed by atoms with van der Waals surface area (Å²) in [6.45, 7) is 7.02. The lowest BCUT2D eigenvalue weighted by Crippen LogP contribution is -2.47. The molecule has 0 bridgehead atoms. The second kappa shape index (κ2) is 7.96. The largest absolute Gasteiger partial charge is 0.369 e. The Morgan fingerprint density at radius 2 is 1.66 bits per heavy atom. The number of likely N-dealkylation sites (tertiary alicyclic amines) is 1. The van der Waals surface area contributed by atoms with E-state index in [-0.39, 0.29) is 29.6 Å². The first-order chi connectivity index (χ1) is 13.9. The number of primary amides is 1. The van der Waals surface area contributed by atoms with Crippen LogP contribution in [0.2, 0.25) is 0 Å². The average Bonchev–Trinajstić information content (AvgIpc) is 3.17. The number of amides is 2. The minimum atomic E-state index is -0.247. The van der Waals surface area contributed by atoms with Crippen LogP contribution in [0.25, 0.3) is 5.65 Å². The van der Waals surface area contributed by atoms with E-state index in [1.54, 1.807) is 0 Å². The summed E-state index contributed by atoms with van der Waals surface area (Å²) in [7, 11) is 0. The lowest BCUT2D eigenvalue weighted by Gasteiger charge is -2.37. The van der Waals surface area contributed by atoms with Gasteiger partial charge in [0.05, 0.1) is 0 Å². The number of hydrogen-bond acceptors (Lipinski definition) is 6. The maximum atomic E-state index is 12.9. The summed E-state index contributed by atoms with van der Waals surface area (Å²) in [5.74, 6) is 1.92. The first-order valence-electron chi connectivity index (χ1n) is 10.5. The van der Waals surface area contributed by atoms with Crippen molar-refractivity contribution in [1.29, 1.82) is 0 Å². The molecule has 4 heterocycles. The topological polar surface area (TPSA) is 110 Å². The molecule has 2 N–H and O–H groups in total. The van der Waals surface area contributed by atoms with Gasteiger partial charge in [-0.15, -0.1) is 15.3 Å².